The third kappa shape index (κ3) is 3.36. The summed E-state index contributed by atoms with van der Waals surface area (Å²) < 4.78 is 0. The van der Waals surface area contributed by atoms with Crippen molar-refractivity contribution in [3.8, 4) is 6.07 Å². The Bertz CT molecular complexity index is 425. The average Bonchev–Trinajstić information content (AvgIpc) is 2.32. The third-order valence-electron chi connectivity index (χ3n) is 3.06. The second-order valence-electron chi connectivity index (χ2n) is 4.43. The molecule has 0 fully saturated rings. The van der Waals surface area contributed by atoms with Crippen LogP contribution in [0.3, 0.4) is 0 Å². The standard InChI is InChI=1S/C13H19N3O/c1-3-13(2,6-7-17)16-11-4-5-12(15)10(8-11)9-14/h4-5,8,16-17H,3,6-7,15H2,1-2H3. The molecule has 0 aliphatic heterocycles. The summed E-state index contributed by atoms with van der Waals surface area (Å²) in [5, 5.41) is 21.3. The summed E-state index contributed by atoms with van der Waals surface area (Å²) in [5.41, 5.74) is 7.31. The maximum Gasteiger partial charge on any atom is 0.101 e. The number of aliphatic hydroxyl groups excluding tert-OH is 1. The molecule has 0 heterocycles. The third-order valence-corrected chi connectivity index (χ3v) is 3.06. The topological polar surface area (TPSA) is 82.1 Å². The summed E-state index contributed by atoms with van der Waals surface area (Å²) in [7, 11) is 0. The fourth-order valence-electron chi connectivity index (χ4n) is 1.65. The lowest BCUT2D eigenvalue weighted by Gasteiger charge is -2.30. The van der Waals surface area contributed by atoms with E-state index < -0.39 is 0 Å². The van der Waals surface area contributed by atoms with Crippen molar-refractivity contribution in [3.63, 3.8) is 0 Å². The first-order valence-electron chi connectivity index (χ1n) is 5.73. The van der Waals surface area contributed by atoms with E-state index in [0.29, 0.717) is 17.7 Å². The van der Waals surface area contributed by atoms with E-state index in [1.165, 1.54) is 0 Å². The molecule has 0 saturated carbocycles. The van der Waals surface area contributed by atoms with Crippen molar-refractivity contribution >= 4 is 11.4 Å². The fourth-order valence-corrected chi connectivity index (χ4v) is 1.65. The van der Waals surface area contributed by atoms with Crippen molar-refractivity contribution in [3.05, 3.63) is 23.8 Å². The zero-order valence-electron chi connectivity index (χ0n) is 10.3. The molecule has 4 heteroatoms. The van der Waals surface area contributed by atoms with E-state index in [1.54, 1.807) is 12.1 Å². The molecular weight excluding hydrogens is 214 g/mol. The van der Waals surface area contributed by atoms with Crippen LogP contribution in [0.1, 0.15) is 32.3 Å². The van der Waals surface area contributed by atoms with Crippen molar-refractivity contribution in [2.24, 2.45) is 0 Å². The van der Waals surface area contributed by atoms with Gasteiger partial charge < -0.3 is 16.2 Å². The highest BCUT2D eigenvalue weighted by molar-refractivity contribution is 5.62. The van der Waals surface area contributed by atoms with Gasteiger partial charge in [0.2, 0.25) is 0 Å². The Morgan fingerprint density at radius 2 is 2.24 bits per heavy atom. The van der Waals surface area contributed by atoms with Crippen LogP contribution in [-0.4, -0.2) is 17.3 Å². The highest BCUT2D eigenvalue weighted by atomic mass is 16.3. The highest BCUT2D eigenvalue weighted by Crippen LogP contribution is 2.24. The van der Waals surface area contributed by atoms with Gasteiger partial charge in [-0.05, 0) is 38.0 Å². The Balaban J connectivity index is 2.91. The summed E-state index contributed by atoms with van der Waals surface area (Å²) in [6.45, 7) is 4.24. The van der Waals surface area contributed by atoms with Gasteiger partial charge in [0.1, 0.15) is 6.07 Å². The van der Waals surface area contributed by atoms with Crippen LogP contribution in [0.25, 0.3) is 0 Å². The molecule has 0 radical (unpaired) electrons. The predicted octanol–water partition coefficient (Wildman–Crippen LogP) is 2.10. The normalized spacial score (nSPS) is 13.8. The van der Waals surface area contributed by atoms with Crippen molar-refractivity contribution in [2.45, 2.75) is 32.2 Å². The summed E-state index contributed by atoms with van der Waals surface area (Å²) in [4.78, 5) is 0. The number of rotatable bonds is 5. The lowest BCUT2D eigenvalue weighted by Crippen LogP contribution is -2.35. The maximum atomic E-state index is 9.04. The number of nitrogen functional groups attached to an aromatic ring is 1. The van der Waals surface area contributed by atoms with Crippen LogP contribution in [0.2, 0.25) is 0 Å². The van der Waals surface area contributed by atoms with Gasteiger partial charge in [-0.25, -0.2) is 0 Å². The lowest BCUT2D eigenvalue weighted by atomic mass is 9.94. The summed E-state index contributed by atoms with van der Waals surface area (Å²) >= 11 is 0. The van der Waals surface area contributed by atoms with E-state index >= 15 is 0 Å². The van der Waals surface area contributed by atoms with E-state index in [2.05, 4.69) is 18.3 Å². The number of hydrogen-bond acceptors (Lipinski definition) is 4. The lowest BCUT2D eigenvalue weighted by molar-refractivity contribution is 0.252. The molecule has 0 aromatic heterocycles. The number of nitrogens with zero attached hydrogens (tertiary/aromatic N) is 1. The molecule has 1 rings (SSSR count). The number of nitrogens with one attached hydrogen (secondary N) is 1. The Morgan fingerprint density at radius 1 is 1.53 bits per heavy atom. The van der Waals surface area contributed by atoms with Crippen molar-refractivity contribution < 1.29 is 5.11 Å². The second kappa shape index (κ2) is 5.55. The average molecular weight is 233 g/mol. The number of nitrogens with two attached hydrogens (primary N) is 1. The van der Waals surface area contributed by atoms with Crippen LogP contribution < -0.4 is 11.1 Å². The Morgan fingerprint density at radius 3 is 2.76 bits per heavy atom. The zero-order valence-corrected chi connectivity index (χ0v) is 10.3. The van der Waals surface area contributed by atoms with Gasteiger partial charge >= 0.3 is 0 Å². The van der Waals surface area contributed by atoms with Gasteiger partial charge in [-0.3, -0.25) is 0 Å². The molecule has 0 spiro atoms. The smallest absolute Gasteiger partial charge is 0.101 e. The summed E-state index contributed by atoms with van der Waals surface area (Å²) in [6, 6.07) is 7.36. The number of benzene rings is 1. The molecule has 1 aromatic rings. The number of hydrogen-bond donors (Lipinski definition) is 3. The van der Waals surface area contributed by atoms with Crippen molar-refractivity contribution in [1.82, 2.24) is 0 Å². The van der Waals surface area contributed by atoms with Crippen molar-refractivity contribution in [2.75, 3.05) is 17.7 Å². The van der Waals surface area contributed by atoms with E-state index in [9.17, 15) is 0 Å². The van der Waals surface area contributed by atoms with Crippen molar-refractivity contribution in [1.29, 1.82) is 5.26 Å². The molecule has 0 aliphatic carbocycles. The van der Waals surface area contributed by atoms with Crippen LogP contribution >= 0.6 is 0 Å². The highest BCUT2D eigenvalue weighted by Gasteiger charge is 2.21. The van der Waals surface area contributed by atoms with Gasteiger partial charge in [0, 0.05) is 23.5 Å². The molecule has 4 nitrogen and oxygen atoms in total. The number of nitriles is 1. The van der Waals surface area contributed by atoms with Gasteiger partial charge in [-0.2, -0.15) is 5.26 Å². The largest absolute Gasteiger partial charge is 0.398 e. The fraction of sp³-hybridized carbons (Fsp3) is 0.462. The molecule has 0 saturated heterocycles. The quantitative estimate of drug-likeness (QED) is 0.680. The van der Waals surface area contributed by atoms with E-state index in [-0.39, 0.29) is 12.1 Å². The molecule has 0 amide bonds. The molecule has 17 heavy (non-hydrogen) atoms. The zero-order chi connectivity index (χ0) is 12.9. The summed E-state index contributed by atoms with van der Waals surface area (Å²) in [6.07, 6.45) is 1.55. The predicted molar refractivity (Wildman–Crippen MR) is 69.6 cm³/mol. The van der Waals surface area contributed by atoms with Gasteiger partial charge in [0.25, 0.3) is 0 Å². The van der Waals surface area contributed by atoms with Crippen LogP contribution in [-0.2, 0) is 0 Å². The van der Waals surface area contributed by atoms with Crippen LogP contribution in [0.5, 0.6) is 0 Å². The van der Waals surface area contributed by atoms with Crippen LogP contribution in [0.4, 0.5) is 11.4 Å². The minimum Gasteiger partial charge on any atom is -0.398 e. The first-order chi connectivity index (χ1) is 8.04. The van der Waals surface area contributed by atoms with Gasteiger partial charge in [-0.15, -0.1) is 0 Å². The maximum absolute atomic E-state index is 9.04. The van der Waals surface area contributed by atoms with Gasteiger partial charge in [0.05, 0.1) is 5.56 Å². The molecular formula is C13H19N3O. The molecule has 0 aliphatic rings. The molecule has 1 unspecified atom stereocenters. The van der Waals surface area contributed by atoms with E-state index in [1.807, 2.05) is 13.0 Å². The van der Waals surface area contributed by atoms with E-state index in [0.717, 1.165) is 12.1 Å². The van der Waals surface area contributed by atoms with Crippen LogP contribution in [0, 0.1) is 11.3 Å². The minimum absolute atomic E-state index is 0.136. The Kier molecular flexibility index (Phi) is 4.36. The van der Waals surface area contributed by atoms with Gasteiger partial charge in [-0.1, -0.05) is 6.92 Å². The molecule has 92 valence electrons. The number of anilines is 2. The minimum atomic E-state index is -0.169. The molecule has 1 aromatic carbocycles. The van der Waals surface area contributed by atoms with Crippen LogP contribution in [0.15, 0.2) is 18.2 Å². The molecule has 1 atom stereocenters. The summed E-state index contributed by atoms with van der Waals surface area (Å²) in [5.74, 6) is 0. The van der Waals surface area contributed by atoms with Gasteiger partial charge in [0.15, 0.2) is 0 Å². The SMILES string of the molecule is CCC(C)(CCO)Nc1ccc(N)c(C#N)c1. The first kappa shape index (κ1) is 13.3. The molecule has 4 N–H and O–H groups in total. The Labute approximate surface area is 102 Å². The monoisotopic (exact) mass is 233 g/mol. The second-order valence-corrected chi connectivity index (χ2v) is 4.43. The number of aliphatic hydroxyl groups is 1. The van der Waals surface area contributed by atoms with E-state index in [4.69, 9.17) is 16.1 Å². The molecule has 0 bridgehead atoms. The first-order valence-corrected chi connectivity index (χ1v) is 5.73. The Hall–Kier alpha value is -1.73.